The quantitative estimate of drug-likeness (QED) is 0.447. The van der Waals surface area contributed by atoms with Crippen LogP contribution in [0.5, 0.6) is 0 Å². The highest BCUT2D eigenvalue weighted by atomic mass is 31.1. The fraction of sp³-hybridized carbons (Fsp3) is 0.400. The fourth-order valence-corrected chi connectivity index (χ4v) is 0.797. The topological polar surface area (TPSA) is 86.7 Å². The maximum atomic E-state index is 10.5. The van der Waals surface area contributed by atoms with Crippen molar-refractivity contribution in [3.05, 3.63) is 0 Å². The fourth-order valence-electron chi connectivity index (χ4n) is 0.365. The van der Waals surface area contributed by atoms with Crippen molar-refractivity contribution in [1.82, 2.24) is 0 Å². The molecule has 0 aromatic heterocycles. The van der Waals surface area contributed by atoms with Crippen LogP contribution in [0.1, 0.15) is 6.42 Å². The Kier molecular flexibility index (Phi) is 4.61. The van der Waals surface area contributed by atoms with Crippen LogP contribution >= 0.6 is 8.00 Å². The monoisotopic (exact) mass is 178 g/mol. The zero-order valence-electron chi connectivity index (χ0n) is 5.81. The largest absolute Gasteiger partial charge is 0.603 e. The number of aliphatic carboxylic acids is 1. The Labute approximate surface area is 64.2 Å². The Hall–Kier alpha value is -0.770. The number of rotatable bonds is 4. The Balaban J connectivity index is 3.96. The summed E-state index contributed by atoms with van der Waals surface area (Å²) in [6, 6.07) is 0. The summed E-state index contributed by atoms with van der Waals surface area (Å²) in [6.07, 6.45) is -0.648. The third-order valence-corrected chi connectivity index (χ3v) is 1.61. The van der Waals surface area contributed by atoms with Crippen molar-refractivity contribution in [1.29, 1.82) is 0 Å². The van der Waals surface area contributed by atoms with Crippen molar-refractivity contribution in [2.24, 2.45) is 0 Å². The number of carboxylic acids is 1. The van der Waals surface area contributed by atoms with E-state index >= 15 is 0 Å². The third-order valence-electron chi connectivity index (χ3n) is 0.755. The maximum Gasteiger partial charge on any atom is 0.311 e. The number of hydrogen-bond acceptors (Lipinski definition) is 4. The van der Waals surface area contributed by atoms with Gasteiger partial charge in [-0.2, -0.15) is 4.52 Å². The number of carboxylic acid groups (broad SMARTS) is 1. The molecule has 1 atom stereocenters. The molecule has 0 amide bonds. The SMILES string of the molecule is CO/[P+]([O-])=C/C(=O)CC(=O)O. The average Bonchev–Trinajstić information content (AvgIpc) is 1.85. The summed E-state index contributed by atoms with van der Waals surface area (Å²) in [7, 11) is -0.966. The van der Waals surface area contributed by atoms with Gasteiger partial charge in [-0.05, 0) is 0 Å². The van der Waals surface area contributed by atoms with Gasteiger partial charge in [-0.15, -0.1) is 0 Å². The molecule has 0 rings (SSSR count). The van der Waals surface area contributed by atoms with Gasteiger partial charge in [0.05, 0.1) is 7.11 Å². The minimum absolute atomic E-state index is 0.648. The minimum atomic E-state index is -2.14. The van der Waals surface area contributed by atoms with Crippen LogP contribution in [0.3, 0.4) is 0 Å². The van der Waals surface area contributed by atoms with Gasteiger partial charge in [-0.3, -0.25) is 9.59 Å². The highest BCUT2D eigenvalue weighted by molar-refractivity contribution is 7.47. The van der Waals surface area contributed by atoms with Crippen LogP contribution in [0, 0.1) is 0 Å². The van der Waals surface area contributed by atoms with E-state index in [1.54, 1.807) is 0 Å². The molecular weight excluding hydrogens is 171 g/mol. The van der Waals surface area contributed by atoms with E-state index in [0.717, 1.165) is 5.80 Å². The van der Waals surface area contributed by atoms with Crippen LogP contribution in [0.15, 0.2) is 0 Å². The van der Waals surface area contributed by atoms with Crippen molar-refractivity contribution >= 4 is 25.5 Å². The molecule has 11 heavy (non-hydrogen) atoms. The Morgan fingerprint density at radius 1 is 1.73 bits per heavy atom. The lowest BCUT2D eigenvalue weighted by Crippen LogP contribution is -2.08. The van der Waals surface area contributed by atoms with Gasteiger partial charge in [0.2, 0.25) is 13.8 Å². The van der Waals surface area contributed by atoms with Gasteiger partial charge in [-0.25, -0.2) is 0 Å². The zero-order valence-corrected chi connectivity index (χ0v) is 6.71. The van der Waals surface area contributed by atoms with Gasteiger partial charge in [-0.1, -0.05) is 0 Å². The standard InChI is InChI=1S/C5H7O5P/c1-10-11(9)3-4(6)2-5(7)8/h3H,2H2,1H3,(H,7,8). The first-order valence-corrected chi connectivity index (χ1v) is 3.91. The average molecular weight is 178 g/mol. The normalized spacial score (nSPS) is 11.3. The number of Topliss-reactive ketones (excluding diaryl/α,β-unsaturated/α-hetero) is 1. The Morgan fingerprint density at radius 2 is 2.27 bits per heavy atom. The van der Waals surface area contributed by atoms with E-state index in [9.17, 15) is 14.5 Å². The third kappa shape index (κ3) is 5.66. The molecule has 0 saturated carbocycles. The Morgan fingerprint density at radius 3 is 2.64 bits per heavy atom. The minimum Gasteiger partial charge on any atom is -0.603 e. The van der Waals surface area contributed by atoms with Gasteiger partial charge in [0.1, 0.15) is 6.42 Å². The van der Waals surface area contributed by atoms with Crippen LogP contribution < -0.4 is 4.89 Å². The second kappa shape index (κ2) is 4.96. The molecule has 62 valence electrons. The summed E-state index contributed by atoms with van der Waals surface area (Å²) in [5.74, 6) is -1.20. The molecule has 0 aromatic rings. The lowest BCUT2D eigenvalue weighted by Gasteiger charge is -1.89. The molecule has 0 bridgehead atoms. The zero-order chi connectivity index (χ0) is 8.85. The number of carbonyl (C=O) groups excluding carboxylic acids is 1. The first kappa shape index (κ1) is 10.2. The summed E-state index contributed by atoms with van der Waals surface area (Å²) in [4.78, 5) is 30.9. The molecule has 0 fully saturated rings. The van der Waals surface area contributed by atoms with Crippen LogP contribution in [-0.2, 0) is 14.1 Å². The first-order chi connectivity index (χ1) is 5.06. The molecule has 1 N–H and O–H groups in total. The molecule has 0 aliphatic heterocycles. The second-order valence-corrected chi connectivity index (χ2v) is 2.83. The van der Waals surface area contributed by atoms with E-state index in [1.807, 2.05) is 0 Å². The predicted octanol–water partition coefficient (Wildman–Crippen LogP) is -0.849. The van der Waals surface area contributed by atoms with E-state index in [0.29, 0.717) is 0 Å². The molecule has 0 aliphatic rings. The summed E-state index contributed by atoms with van der Waals surface area (Å²) in [5.41, 5.74) is 0. The summed E-state index contributed by atoms with van der Waals surface area (Å²) >= 11 is 0. The molecule has 0 heterocycles. The van der Waals surface area contributed by atoms with Crippen LogP contribution in [0.4, 0.5) is 0 Å². The molecule has 0 aliphatic carbocycles. The van der Waals surface area contributed by atoms with Crippen LogP contribution in [0.25, 0.3) is 0 Å². The first-order valence-electron chi connectivity index (χ1n) is 2.66. The van der Waals surface area contributed by atoms with Gasteiger partial charge < -0.3 is 10.00 Å². The summed E-state index contributed by atoms with van der Waals surface area (Å²) in [6.45, 7) is 0. The van der Waals surface area contributed by atoms with Crippen LogP contribution in [0.2, 0.25) is 0 Å². The molecule has 0 aromatic carbocycles. The number of carbonyl (C=O) groups is 2. The second-order valence-electron chi connectivity index (χ2n) is 1.63. The summed E-state index contributed by atoms with van der Waals surface area (Å²) < 4.78 is 4.24. The van der Waals surface area contributed by atoms with Gasteiger partial charge in [0, 0.05) is 0 Å². The van der Waals surface area contributed by atoms with Crippen molar-refractivity contribution < 1.29 is 24.1 Å². The van der Waals surface area contributed by atoms with Crippen molar-refractivity contribution in [2.75, 3.05) is 7.11 Å². The van der Waals surface area contributed by atoms with Gasteiger partial charge in [0.15, 0.2) is 5.80 Å². The number of ketones is 1. The molecule has 0 spiro atoms. The van der Waals surface area contributed by atoms with Crippen LogP contribution in [-0.4, -0.2) is 29.8 Å². The summed E-state index contributed by atoms with van der Waals surface area (Å²) in [5, 5.41) is 8.09. The molecule has 0 radical (unpaired) electrons. The van der Waals surface area contributed by atoms with E-state index in [-0.39, 0.29) is 0 Å². The van der Waals surface area contributed by atoms with E-state index in [2.05, 4.69) is 4.52 Å². The smallest absolute Gasteiger partial charge is 0.311 e. The van der Waals surface area contributed by atoms with Gasteiger partial charge >= 0.3 is 5.97 Å². The lowest BCUT2D eigenvalue weighted by atomic mass is 10.3. The van der Waals surface area contributed by atoms with Gasteiger partial charge in [0.25, 0.3) is 0 Å². The highest BCUT2D eigenvalue weighted by Crippen LogP contribution is 2.07. The van der Waals surface area contributed by atoms with E-state index in [1.165, 1.54) is 7.11 Å². The molecule has 1 unspecified atom stereocenters. The maximum absolute atomic E-state index is 10.5. The van der Waals surface area contributed by atoms with E-state index in [4.69, 9.17) is 5.11 Å². The Bertz CT molecular complexity index is 197. The lowest BCUT2D eigenvalue weighted by molar-refractivity contribution is -0.170. The molecule has 0 saturated heterocycles. The molecular formula is C5H7O5P. The molecule has 6 heteroatoms. The highest BCUT2D eigenvalue weighted by Gasteiger charge is 2.08. The van der Waals surface area contributed by atoms with Crippen molar-refractivity contribution in [3.63, 3.8) is 0 Å². The van der Waals surface area contributed by atoms with Crippen molar-refractivity contribution in [3.8, 4) is 0 Å². The van der Waals surface area contributed by atoms with Crippen molar-refractivity contribution in [2.45, 2.75) is 6.42 Å². The van der Waals surface area contributed by atoms with E-state index < -0.39 is 26.2 Å². The number of hydrogen-bond donors (Lipinski definition) is 1. The molecule has 5 nitrogen and oxygen atoms in total. The predicted molar refractivity (Wildman–Crippen MR) is 37.3 cm³/mol.